The van der Waals surface area contributed by atoms with Crippen molar-refractivity contribution in [1.29, 1.82) is 0 Å². The summed E-state index contributed by atoms with van der Waals surface area (Å²) in [4.78, 5) is 11.8. The van der Waals surface area contributed by atoms with E-state index in [1.54, 1.807) is 0 Å². The van der Waals surface area contributed by atoms with Gasteiger partial charge in [0, 0.05) is 19.5 Å². The maximum absolute atomic E-state index is 9.29. The van der Waals surface area contributed by atoms with E-state index in [0.29, 0.717) is 0 Å². The first kappa shape index (κ1) is 9.49. The molecule has 0 rings (SSSR count). The summed E-state index contributed by atoms with van der Waals surface area (Å²) in [6.45, 7) is 0. The van der Waals surface area contributed by atoms with Gasteiger partial charge in [-0.2, -0.15) is 0 Å². The number of hydrogen-bond acceptors (Lipinski definition) is 1. The number of urea groups is 1. The summed E-state index contributed by atoms with van der Waals surface area (Å²) in [6.07, 6.45) is 0. The zero-order chi connectivity index (χ0) is 4.28. The van der Waals surface area contributed by atoms with Crippen molar-refractivity contribution in [3.63, 3.8) is 0 Å². The van der Waals surface area contributed by atoms with Gasteiger partial charge < -0.3 is 10.6 Å². The fourth-order valence-electron chi connectivity index (χ4n) is 0. The number of carbonyl (C=O) groups is 1. The summed E-state index contributed by atoms with van der Waals surface area (Å²) in [7, 11) is 0. The molecule has 5 heteroatoms. The first-order valence-electron chi connectivity index (χ1n) is 0.885. The molecule has 2 amide bonds. The summed E-state index contributed by atoms with van der Waals surface area (Å²) in [5.41, 5.74) is 4.35. The van der Waals surface area contributed by atoms with E-state index in [-0.39, 0.29) is 19.5 Å². The van der Waals surface area contributed by atoms with Crippen molar-refractivity contribution in [1.82, 2.24) is 0 Å². The molecule has 0 saturated carbocycles. The first-order chi connectivity index (χ1) is 2.27. The summed E-state index contributed by atoms with van der Waals surface area (Å²) in [6, 6.07) is -0.855. The predicted octanol–water partition coefficient (Wildman–Crippen LogP) is 0.590. The van der Waals surface area contributed by atoms with E-state index in [2.05, 4.69) is 22.3 Å². The van der Waals surface area contributed by atoms with Crippen LogP contribution in [0.2, 0.25) is 0 Å². The molecule has 0 aliphatic heterocycles. The Morgan fingerprint density at radius 2 is 2.00 bits per heavy atom. The molecule has 0 bridgehead atoms. The van der Waals surface area contributed by atoms with Crippen LogP contribution in [0.25, 0.3) is 4.84 Å². The number of carbonyl (C=O) groups excluding carboxylic acids is 1. The SMILES string of the molecule is NC(=O)[N-]Cl.[Zn]. The van der Waals surface area contributed by atoms with Gasteiger partial charge in [0.25, 0.3) is 0 Å². The number of amides is 2. The Kier molecular flexibility index (Phi) is 8.20. The molecule has 0 unspecified atom stereocenters. The van der Waals surface area contributed by atoms with Gasteiger partial charge in [-0.15, -0.1) is 0 Å². The Balaban J connectivity index is 0. The third-order valence-electron chi connectivity index (χ3n) is 0.0833. The molecule has 0 aromatic heterocycles. The summed E-state index contributed by atoms with van der Waals surface area (Å²) < 4.78 is 0. The van der Waals surface area contributed by atoms with E-state index in [9.17, 15) is 4.79 Å². The van der Waals surface area contributed by atoms with Gasteiger partial charge in [-0.1, -0.05) is 11.8 Å². The molecule has 2 N–H and O–H groups in total. The minimum absolute atomic E-state index is 0. The second kappa shape index (κ2) is 5.18. The van der Waals surface area contributed by atoms with Crippen LogP contribution in [0.4, 0.5) is 4.79 Å². The van der Waals surface area contributed by atoms with Gasteiger partial charge in [0.2, 0.25) is 0 Å². The molecular weight excluding hydrogens is 157 g/mol. The summed E-state index contributed by atoms with van der Waals surface area (Å²) in [5.74, 6) is 0. The van der Waals surface area contributed by atoms with E-state index >= 15 is 0 Å². The molecule has 0 spiro atoms. The Hall–Kier alpha value is 0.183. The van der Waals surface area contributed by atoms with Crippen molar-refractivity contribution in [2.45, 2.75) is 0 Å². The molecule has 32 valence electrons. The third-order valence-corrected chi connectivity index (χ3v) is 0.250. The van der Waals surface area contributed by atoms with Crippen LogP contribution in [0.1, 0.15) is 0 Å². The second-order valence-corrected chi connectivity index (χ2v) is 0.592. The summed E-state index contributed by atoms with van der Waals surface area (Å²) in [5, 5.41) is 0. The minimum atomic E-state index is -0.855. The molecule has 0 aromatic carbocycles. The maximum atomic E-state index is 9.29. The molecule has 0 aromatic rings. The van der Waals surface area contributed by atoms with E-state index in [0.717, 1.165) is 0 Å². The molecule has 0 aliphatic rings. The average molecular weight is 159 g/mol. The molecule has 0 radical (unpaired) electrons. The van der Waals surface area contributed by atoms with E-state index in [1.165, 1.54) is 0 Å². The summed E-state index contributed by atoms with van der Waals surface area (Å²) >= 11 is 4.49. The second-order valence-electron chi connectivity index (χ2n) is 0.423. The molecule has 0 atom stereocenters. The van der Waals surface area contributed by atoms with Crippen LogP contribution in [-0.4, -0.2) is 6.03 Å². The molecular formula is CH2ClN2OZn-. The molecule has 6 heavy (non-hydrogen) atoms. The van der Waals surface area contributed by atoms with E-state index < -0.39 is 6.03 Å². The monoisotopic (exact) mass is 157 g/mol. The number of nitrogens with two attached hydrogens (primary N) is 1. The number of hydrogen-bond donors (Lipinski definition) is 1. The zero-order valence-corrected chi connectivity index (χ0v) is 6.74. The zero-order valence-electron chi connectivity index (χ0n) is 3.02. The van der Waals surface area contributed by atoms with Gasteiger partial charge in [0.1, 0.15) is 0 Å². The quantitative estimate of drug-likeness (QED) is 0.516. The number of primary amides is 1. The Morgan fingerprint density at radius 1 is 1.83 bits per heavy atom. The Morgan fingerprint density at radius 3 is 2.00 bits per heavy atom. The molecule has 0 heterocycles. The van der Waals surface area contributed by atoms with Crippen molar-refractivity contribution in [3.05, 3.63) is 4.84 Å². The van der Waals surface area contributed by atoms with Crippen molar-refractivity contribution >= 4 is 17.8 Å². The van der Waals surface area contributed by atoms with Crippen LogP contribution in [0.15, 0.2) is 0 Å². The maximum Gasteiger partial charge on any atom is 0.162 e. The van der Waals surface area contributed by atoms with E-state index in [4.69, 9.17) is 0 Å². The van der Waals surface area contributed by atoms with Gasteiger partial charge in [-0.3, -0.25) is 4.79 Å². The van der Waals surface area contributed by atoms with Crippen LogP contribution < -0.4 is 5.73 Å². The predicted molar refractivity (Wildman–Crippen MR) is 18.8 cm³/mol. The number of nitrogens with zero attached hydrogens (tertiary/aromatic N) is 1. The van der Waals surface area contributed by atoms with Crippen LogP contribution in [0, 0.1) is 0 Å². The molecule has 3 nitrogen and oxygen atoms in total. The minimum Gasteiger partial charge on any atom is -0.462 e. The largest absolute Gasteiger partial charge is 0.462 e. The molecule has 0 saturated heterocycles. The van der Waals surface area contributed by atoms with Gasteiger partial charge >= 0.3 is 0 Å². The Labute approximate surface area is 53.1 Å². The van der Waals surface area contributed by atoms with Crippen LogP contribution in [-0.2, 0) is 19.5 Å². The Bertz CT molecular complexity index is 48.8. The fraction of sp³-hybridized carbons (Fsp3) is 0. The van der Waals surface area contributed by atoms with Gasteiger partial charge in [0.05, 0.1) is 0 Å². The van der Waals surface area contributed by atoms with Gasteiger partial charge in [-0.05, 0) is 0 Å². The van der Waals surface area contributed by atoms with E-state index in [1.807, 2.05) is 0 Å². The van der Waals surface area contributed by atoms with Crippen molar-refractivity contribution in [2.24, 2.45) is 5.73 Å². The first-order valence-corrected chi connectivity index (χ1v) is 1.22. The third kappa shape index (κ3) is 8.89. The van der Waals surface area contributed by atoms with Crippen LogP contribution >= 0.6 is 11.8 Å². The smallest absolute Gasteiger partial charge is 0.162 e. The van der Waals surface area contributed by atoms with Gasteiger partial charge in [0.15, 0.2) is 6.03 Å². The van der Waals surface area contributed by atoms with Crippen LogP contribution in [0.3, 0.4) is 0 Å². The van der Waals surface area contributed by atoms with Crippen LogP contribution in [0.5, 0.6) is 0 Å². The standard InChI is InChI=1S/CH3ClN2O.Zn/c2-4-1(3)5;/h(H3,3,4,5);/p-1. The molecule has 0 aliphatic carbocycles. The topological polar surface area (TPSA) is 57.2 Å². The number of rotatable bonds is 0. The molecule has 0 fully saturated rings. The van der Waals surface area contributed by atoms with Gasteiger partial charge in [-0.25, -0.2) is 0 Å². The average Bonchev–Trinajstić information content (AvgIpc) is 1.38. The normalized spacial score (nSPS) is 5.50. The fourth-order valence-corrected chi connectivity index (χ4v) is 0. The van der Waals surface area contributed by atoms with Crippen molar-refractivity contribution in [3.8, 4) is 0 Å². The van der Waals surface area contributed by atoms with Crippen molar-refractivity contribution in [2.75, 3.05) is 0 Å². The number of halogens is 1. The van der Waals surface area contributed by atoms with Crippen molar-refractivity contribution < 1.29 is 24.3 Å².